The van der Waals surface area contributed by atoms with Gasteiger partial charge in [0.25, 0.3) is 0 Å². The van der Waals surface area contributed by atoms with Crippen LogP contribution in [-0.4, -0.2) is 25.2 Å². The van der Waals surface area contributed by atoms with Crippen LogP contribution in [0.1, 0.15) is 38.3 Å². The van der Waals surface area contributed by atoms with Crippen molar-refractivity contribution in [3.63, 3.8) is 0 Å². The third-order valence-corrected chi connectivity index (χ3v) is 4.05. The number of benzene rings is 1. The van der Waals surface area contributed by atoms with Gasteiger partial charge in [-0.15, -0.1) is 0 Å². The average Bonchev–Trinajstić information content (AvgIpc) is 2.42. The molecule has 0 radical (unpaired) electrons. The van der Waals surface area contributed by atoms with Crippen LogP contribution in [-0.2, 0) is 0 Å². The Bertz CT molecular complexity index is 330. The molecule has 3 heteroatoms. The zero-order valence-corrected chi connectivity index (χ0v) is 12.6. The Morgan fingerprint density at radius 2 is 2.00 bits per heavy atom. The quantitative estimate of drug-likeness (QED) is 0.686. The molecule has 0 saturated heterocycles. The van der Waals surface area contributed by atoms with Gasteiger partial charge in [-0.25, -0.2) is 0 Å². The predicted octanol–water partition coefficient (Wildman–Crippen LogP) is 3.88. The highest BCUT2D eigenvalue weighted by Gasteiger charge is 2.14. The lowest BCUT2D eigenvalue weighted by Gasteiger charge is -2.21. The smallest absolute Gasteiger partial charge is 0.123 e. The molecule has 1 aromatic carbocycles. The van der Waals surface area contributed by atoms with Gasteiger partial charge in [0.2, 0.25) is 0 Å². The van der Waals surface area contributed by atoms with Crippen molar-refractivity contribution in [3.05, 3.63) is 29.8 Å². The molecule has 1 unspecified atom stereocenters. The summed E-state index contributed by atoms with van der Waals surface area (Å²) in [5.41, 5.74) is 1.28. The van der Waals surface area contributed by atoms with Crippen molar-refractivity contribution in [1.29, 1.82) is 0 Å². The molecule has 2 nitrogen and oxygen atoms in total. The molecule has 0 spiro atoms. The number of methoxy groups -OCH3 is 1. The SMILES string of the molecule is CCCNC(CSCCC)c1ccccc1OC. The zero-order valence-electron chi connectivity index (χ0n) is 11.7. The molecule has 0 saturated carbocycles. The van der Waals surface area contributed by atoms with Crippen LogP contribution in [0.4, 0.5) is 0 Å². The van der Waals surface area contributed by atoms with Gasteiger partial charge in [0.15, 0.2) is 0 Å². The van der Waals surface area contributed by atoms with E-state index in [9.17, 15) is 0 Å². The Labute approximate surface area is 116 Å². The molecule has 102 valence electrons. The van der Waals surface area contributed by atoms with E-state index in [4.69, 9.17) is 4.74 Å². The Hall–Kier alpha value is -0.670. The third kappa shape index (κ3) is 4.91. The minimum Gasteiger partial charge on any atom is -0.496 e. The first-order chi connectivity index (χ1) is 8.83. The topological polar surface area (TPSA) is 21.3 Å². The Balaban J connectivity index is 2.72. The number of hydrogen-bond donors (Lipinski definition) is 1. The van der Waals surface area contributed by atoms with E-state index in [0.717, 1.165) is 24.5 Å². The molecule has 0 bridgehead atoms. The van der Waals surface area contributed by atoms with E-state index >= 15 is 0 Å². The van der Waals surface area contributed by atoms with Gasteiger partial charge >= 0.3 is 0 Å². The summed E-state index contributed by atoms with van der Waals surface area (Å²) in [5.74, 6) is 3.32. The van der Waals surface area contributed by atoms with E-state index in [1.807, 2.05) is 23.9 Å². The first-order valence-electron chi connectivity index (χ1n) is 6.77. The molecular formula is C15H25NOS. The molecule has 0 amide bonds. The van der Waals surface area contributed by atoms with Crippen LogP contribution in [0.15, 0.2) is 24.3 Å². The number of rotatable bonds is 9. The summed E-state index contributed by atoms with van der Waals surface area (Å²) in [4.78, 5) is 0. The van der Waals surface area contributed by atoms with Crippen LogP contribution in [0.5, 0.6) is 5.75 Å². The molecule has 1 aromatic rings. The molecule has 0 aliphatic heterocycles. The van der Waals surface area contributed by atoms with Crippen molar-refractivity contribution < 1.29 is 4.74 Å². The van der Waals surface area contributed by atoms with Gasteiger partial charge in [-0.05, 0) is 31.2 Å². The van der Waals surface area contributed by atoms with Crippen molar-refractivity contribution >= 4 is 11.8 Å². The second kappa shape index (κ2) is 9.29. The van der Waals surface area contributed by atoms with Crippen molar-refractivity contribution in [2.24, 2.45) is 0 Å². The lowest BCUT2D eigenvalue weighted by atomic mass is 10.1. The zero-order chi connectivity index (χ0) is 13.2. The highest BCUT2D eigenvalue weighted by atomic mass is 32.2. The minimum absolute atomic E-state index is 0.387. The van der Waals surface area contributed by atoms with Gasteiger partial charge in [-0.3, -0.25) is 0 Å². The summed E-state index contributed by atoms with van der Waals surface area (Å²) in [6, 6.07) is 8.71. The normalized spacial score (nSPS) is 12.4. The molecule has 0 fully saturated rings. The maximum atomic E-state index is 5.46. The number of ether oxygens (including phenoxy) is 1. The van der Waals surface area contributed by atoms with Crippen molar-refractivity contribution in [2.45, 2.75) is 32.7 Å². The van der Waals surface area contributed by atoms with Crippen molar-refractivity contribution in [1.82, 2.24) is 5.32 Å². The second-order valence-corrected chi connectivity index (χ2v) is 5.47. The van der Waals surface area contributed by atoms with E-state index < -0.39 is 0 Å². The Morgan fingerprint density at radius 1 is 1.22 bits per heavy atom. The summed E-state index contributed by atoms with van der Waals surface area (Å²) in [7, 11) is 1.74. The van der Waals surface area contributed by atoms with Gasteiger partial charge < -0.3 is 10.1 Å². The highest BCUT2D eigenvalue weighted by molar-refractivity contribution is 7.99. The molecule has 1 atom stereocenters. The summed E-state index contributed by atoms with van der Waals surface area (Å²) in [6.45, 7) is 5.48. The molecule has 0 heterocycles. The summed E-state index contributed by atoms with van der Waals surface area (Å²) in [5, 5.41) is 3.62. The first-order valence-corrected chi connectivity index (χ1v) is 7.93. The molecule has 1 N–H and O–H groups in total. The van der Waals surface area contributed by atoms with Gasteiger partial charge in [-0.2, -0.15) is 11.8 Å². The van der Waals surface area contributed by atoms with Crippen LogP contribution in [0.25, 0.3) is 0 Å². The van der Waals surface area contributed by atoms with Crippen LogP contribution in [0, 0.1) is 0 Å². The van der Waals surface area contributed by atoms with Gasteiger partial charge in [0.1, 0.15) is 5.75 Å². The maximum absolute atomic E-state index is 5.46. The average molecular weight is 267 g/mol. The van der Waals surface area contributed by atoms with E-state index in [2.05, 4.69) is 31.3 Å². The van der Waals surface area contributed by atoms with Crippen LogP contribution >= 0.6 is 11.8 Å². The summed E-state index contributed by atoms with van der Waals surface area (Å²) >= 11 is 2.01. The monoisotopic (exact) mass is 267 g/mol. The van der Waals surface area contributed by atoms with Crippen molar-refractivity contribution in [3.8, 4) is 5.75 Å². The Morgan fingerprint density at radius 3 is 2.67 bits per heavy atom. The van der Waals surface area contributed by atoms with Crippen molar-refractivity contribution in [2.75, 3.05) is 25.2 Å². The first kappa shape index (κ1) is 15.4. The fourth-order valence-electron chi connectivity index (χ4n) is 1.88. The predicted molar refractivity (Wildman–Crippen MR) is 81.6 cm³/mol. The molecule has 18 heavy (non-hydrogen) atoms. The minimum atomic E-state index is 0.387. The highest BCUT2D eigenvalue weighted by Crippen LogP contribution is 2.27. The largest absolute Gasteiger partial charge is 0.496 e. The lowest BCUT2D eigenvalue weighted by molar-refractivity contribution is 0.402. The third-order valence-electron chi connectivity index (χ3n) is 2.79. The van der Waals surface area contributed by atoms with E-state index in [0.29, 0.717) is 6.04 Å². The number of para-hydroxylation sites is 1. The number of nitrogens with one attached hydrogen (secondary N) is 1. The van der Waals surface area contributed by atoms with E-state index in [1.165, 1.54) is 17.7 Å². The van der Waals surface area contributed by atoms with E-state index in [1.54, 1.807) is 7.11 Å². The molecule has 0 aromatic heterocycles. The number of thioether (sulfide) groups is 1. The van der Waals surface area contributed by atoms with Crippen LogP contribution in [0.2, 0.25) is 0 Å². The van der Waals surface area contributed by atoms with E-state index in [-0.39, 0.29) is 0 Å². The summed E-state index contributed by atoms with van der Waals surface area (Å²) < 4.78 is 5.46. The Kier molecular flexibility index (Phi) is 7.94. The van der Waals surface area contributed by atoms with Gasteiger partial charge in [0, 0.05) is 17.4 Å². The van der Waals surface area contributed by atoms with Crippen LogP contribution in [0.3, 0.4) is 0 Å². The second-order valence-electron chi connectivity index (χ2n) is 4.32. The van der Waals surface area contributed by atoms with Gasteiger partial charge in [-0.1, -0.05) is 32.0 Å². The molecule has 0 aliphatic rings. The van der Waals surface area contributed by atoms with Gasteiger partial charge in [0.05, 0.1) is 7.11 Å². The fraction of sp³-hybridized carbons (Fsp3) is 0.600. The summed E-state index contributed by atoms with van der Waals surface area (Å²) in [6.07, 6.45) is 2.39. The lowest BCUT2D eigenvalue weighted by Crippen LogP contribution is -2.24. The fourth-order valence-corrected chi connectivity index (χ4v) is 2.87. The molecule has 1 rings (SSSR count). The maximum Gasteiger partial charge on any atom is 0.123 e. The standard InChI is InChI=1S/C15H25NOS/c1-4-10-16-14(12-18-11-5-2)13-8-6-7-9-15(13)17-3/h6-9,14,16H,4-5,10-12H2,1-3H3. The number of hydrogen-bond acceptors (Lipinski definition) is 3. The molecule has 0 aliphatic carbocycles. The molecular weight excluding hydrogens is 242 g/mol. The van der Waals surface area contributed by atoms with Crippen LogP contribution < -0.4 is 10.1 Å².